The predicted octanol–water partition coefficient (Wildman–Crippen LogP) is 2.36. The number of guanidine groups is 1. The number of halogens is 1. The smallest absolute Gasteiger partial charge is 0.191 e. The molecule has 1 saturated heterocycles. The summed E-state index contributed by atoms with van der Waals surface area (Å²) in [6.45, 7) is 9.71. The molecule has 0 radical (unpaired) electrons. The van der Waals surface area contributed by atoms with E-state index >= 15 is 0 Å². The number of fused-ring (bicyclic) bond motifs is 1. The molecule has 1 fully saturated rings. The van der Waals surface area contributed by atoms with Crippen LogP contribution in [0.2, 0.25) is 0 Å². The van der Waals surface area contributed by atoms with Gasteiger partial charge in [-0.05, 0) is 38.3 Å². The topological polar surface area (TPSA) is 84.9 Å². The van der Waals surface area contributed by atoms with Crippen molar-refractivity contribution in [2.24, 2.45) is 4.99 Å². The molecule has 1 unspecified atom stereocenters. The Morgan fingerprint density at radius 2 is 2.03 bits per heavy atom. The average molecular weight is 529 g/mol. The number of rotatable bonds is 9. The van der Waals surface area contributed by atoms with Crippen molar-refractivity contribution in [2.75, 3.05) is 52.5 Å². The van der Waals surface area contributed by atoms with Gasteiger partial charge < -0.3 is 25.5 Å². The lowest BCUT2D eigenvalue weighted by molar-refractivity contribution is -0.0179. The molecule has 0 amide bonds. The maximum Gasteiger partial charge on any atom is 0.191 e. The zero-order valence-corrected chi connectivity index (χ0v) is 20.4. The van der Waals surface area contributed by atoms with Gasteiger partial charge in [0.1, 0.15) is 0 Å². The van der Waals surface area contributed by atoms with Crippen LogP contribution in [0.5, 0.6) is 0 Å². The number of nitrogens with one attached hydrogen (secondary N) is 3. The number of H-pyrrole nitrogens is 1. The number of aliphatic hydroxyl groups is 1. The fourth-order valence-electron chi connectivity index (χ4n) is 3.71. The van der Waals surface area contributed by atoms with Gasteiger partial charge in [0.2, 0.25) is 0 Å². The molecule has 3 rings (SSSR count). The van der Waals surface area contributed by atoms with Crippen molar-refractivity contribution in [1.82, 2.24) is 20.5 Å². The van der Waals surface area contributed by atoms with Crippen LogP contribution in [0.1, 0.15) is 25.8 Å². The van der Waals surface area contributed by atoms with E-state index in [1.54, 1.807) is 0 Å². The summed E-state index contributed by atoms with van der Waals surface area (Å²) in [5.41, 5.74) is 1.68. The van der Waals surface area contributed by atoms with Crippen molar-refractivity contribution in [3.63, 3.8) is 0 Å². The van der Waals surface area contributed by atoms with E-state index in [0.717, 1.165) is 58.2 Å². The van der Waals surface area contributed by atoms with E-state index in [-0.39, 0.29) is 24.0 Å². The first-order valence-corrected chi connectivity index (χ1v) is 10.7. The van der Waals surface area contributed by atoms with Crippen molar-refractivity contribution in [1.29, 1.82) is 0 Å². The molecule has 1 aliphatic heterocycles. The van der Waals surface area contributed by atoms with Gasteiger partial charge in [-0.3, -0.25) is 9.89 Å². The normalized spacial score (nSPS) is 17.4. The van der Waals surface area contributed by atoms with Crippen molar-refractivity contribution >= 4 is 40.8 Å². The number of benzene rings is 1. The van der Waals surface area contributed by atoms with Crippen LogP contribution in [0.3, 0.4) is 0 Å². The van der Waals surface area contributed by atoms with Crippen LogP contribution in [0, 0.1) is 0 Å². The Bertz CT molecular complexity index is 787. The van der Waals surface area contributed by atoms with Gasteiger partial charge in [0.15, 0.2) is 5.96 Å². The second kappa shape index (κ2) is 12.5. The molecular formula is C22H36IN5O2. The highest BCUT2D eigenvalue weighted by Crippen LogP contribution is 2.18. The number of ether oxygens (including phenoxy) is 1. The SMILES string of the molecule is CCNC(=NCC(C)(O)CN1CCOCC1)NCCCc1c[nH]c2ccccc12.I. The Balaban J connectivity index is 0.00000320. The summed E-state index contributed by atoms with van der Waals surface area (Å²) < 4.78 is 5.38. The fraction of sp³-hybridized carbons (Fsp3) is 0.591. The van der Waals surface area contributed by atoms with E-state index in [4.69, 9.17) is 4.74 Å². The minimum Gasteiger partial charge on any atom is -0.387 e. The third kappa shape index (κ3) is 7.72. The first-order chi connectivity index (χ1) is 14.1. The number of nitrogens with zero attached hydrogens (tertiary/aromatic N) is 2. The highest BCUT2D eigenvalue weighted by atomic mass is 127. The molecule has 1 aromatic carbocycles. The van der Waals surface area contributed by atoms with Crippen molar-refractivity contribution in [2.45, 2.75) is 32.3 Å². The summed E-state index contributed by atoms with van der Waals surface area (Å²) in [7, 11) is 0. The summed E-state index contributed by atoms with van der Waals surface area (Å²) in [4.78, 5) is 10.2. The molecule has 168 valence electrons. The standard InChI is InChI=1S/C22H35N5O2.HI/c1-3-23-21(26-16-22(2,28)17-27-11-13-29-14-12-27)24-10-6-7-18-15-25-20-9-5-4-8-19(18)20;/h4-5,8-9,15,25,28H,3,6-7,10-14,16-17H2,1-2H3,(H2,23,24,26);1H. The number of hydrogen-bond acceptors (Lipinski definition) is 4. The summed E-state index contributed by atoms with van der Waals surface area (Å²) in [6, 6.07) is 8.40. The number of aromatic amines is 1. The van der Waals surface area contributed by atoms with Crippen LogP contribution in [0.15, 0.2) is 35.5 Å². The lowest BCUT2D eigenvalue weighted by Crippen LogP contribution is -2.48. The molecule has 2 heterocycles. The molecule has 2 aromatic rings. The number of aliphatic imine (C=N–C) groups is 1. The third-order valence-electron chi connectivity index (χ3n) is 5.18. The Kier molecular flexibility index (Phi) is 10.4. The van der Waals surface area contributed by atoms with E-state index in [1.165, 1.54) is 16.5 Å². The number of para-hydroxylation sites is 1. The van der Waals surface area contributed by atoms with E-state index < -0.39 is 5.60 Å². The number of hydrogen-bond donors (Lipinski definition) is 4. The molecule has 0 aliphatic carbocycles. The van der Waals surface area contributed by atoms with Gasteiger partial charge in [0.25, 0.3) is 0 Å². The zero-order chi connectivity index (χ0) is 20.5. The second-order valence-electron chi connectivity index (χ2n) is 7.97. The average Bonchev–Trinajstić information content (AvgIpc) is 3.13. The van der Waals surface area contributed by atoms with Gasteiger partial charge >= 0.3 is 0 Å². The van der Waals surface area contributed by atoms with Gasteiger partial charge in [-0.2, -0.15) is 0 Å². The molecular weight excluding hydrogens is 493 g/mol. The monoisotopic (exact) mass is 529 g/mol. The first-order valence-electron chi connectivity index (χ1n) is 10.7. The molecule has 1 aromatic heterocycles. The van der Waals surface area contributed by atoms with Crippen LogP contribution in [0.4, 0.5) is 0 Å². The Morgan fingerprint density at radius 1 is 1.27 bits per heavy atom. The van der Waals surface area contributed by atoms with Crippen LogP contribution in [-0.2, 0) is 11.2 Å². The molecule has 30 heavy (non-hydrogen) atoms. The first kappa shape index (κ1) is 24.9. The van der Waals surface area contributed by atoms with Crippen molar-refractivity contribution < 1.29 is 9.84 Å². The van der Waals surface area contributed by atoms with Gasteiger partial charge in [0.05, 0.1) is 25.4 Å². The maximum absolute atomic E-state index is 10.7. The van der Waals surface area contributed by atoms with Gasteiger partial charge in [0, 0.05) is 49.8 Å². The predicted molar refractivity (Wildman–Crippen MR) is 134 cm³/mol. The van der Waals surface area contributed by atoms with Crippen LogP contribution in [-0.4, -0.2) is 79.0 Å². The third-order valence-corrected chi connectivity index (χ3v) is 5.18. The molecule has 7 nitrogen and oxygen atoms in total. The zero-order valence-electron chi connectivity index (χ0n) is 18.1. The second-order valence-corrected chi connectivity index (χ2v) is 7.97. The molecule has 1 aliphatic rings. The summed E-state index contributed by atoms with van der Waals surface area (Å²) >= 11 is 0. The molecule has 0 spiro atoms. The molecule has 8 heteroatoms. The molecule has 1 atom stereocenters. The minimum absolute atomic E-state index is 0. The van der Waals surface area contributed by atoms with E-state index in [1.807, 2.05) is 6.92 Å². The lowest BCUT2D eigenvalue weighted by atomic mass is 10.1. The fourth-order valence-corrected chi connectivity index (χ4v) is 3.71. The van der Waals surface area contributed by atoms with E-state index in [2.05, 4.69) is 62.9 Å². The number of morpholine rings is 1. The van der Waals surface area contributed by atoms with Gasteiger partial charge in [-0.1, -0.05) is 18.2 Å². The summed E-state index contributed by atoms with van der Waals surface area (Å²) in [5, 5.41) is 18.7. The Morgan fingerprint density at radius 3 is 2.80 bits per heavy atom. The Labute approximate surface area is 196 Å². The maximum atomic E-state index is 10.7. The quantitative estimate of drug-likeness (QED) is 0.174. The largest absolute Gasteiger partial charge is 0.387 e. The molecule has 4 N–H and O–H groups in total. The summed E-state index contributed by atoms with van der Waals surface area (Å²) in [6.07, 6.45) is 4.12. The van der Waals surface area contributed by atoms with E-state index in [9.17, 15) is 5.11 Å². The molecule has 0 bridgehead atoms. The molecule has 0 saturated carbocycles. The van der Waals surface area contributed by atoms with Gasteiger partial charge in [-0.15, -0.1) is 24.0 Å². The highest BCUT2D eigenvalue weighted by molar-refractivity contribution is 14.0. The number of aryl methyl sites for hydroxylation is 1. The minimum atomic E-state index is -0.857. The number of β-amino-alcohol motifs (C(OH)–C–C–N with tert-alkyl or cyclic N) is 1. The van der Waals surface area contributed by atoms with Crippen molar-refractivity contribution in [3.05, 3.63) is 36.0 Å². The van der Waals surface area contributed by atoms with Gasteiger partial charge in [-0.25, -0.2) is 0 Å². The van der Waals surface area contributed by atoms with Crippen LogP contribution in [0.25, 0.3) is 10.9 Å². The van der Waals surface area contributed by atoms with Crippen LogP contribution >= 0.6 is 24.0 Å². The van der Waals surface area contributed by atoms with Crippen molar-refractivity contribution in [3.8, 4) is 0 Å². The summed E-state index contributed by atoms with van der Waals surface area (Å²) in [5.74, 6) is 0.758. The number of aromatic nitrogens is 1. The van der Waals surface area contributed by atoms with Crippen LogP contribution < -0.4 is 10.6 Å². The highest BCUT2D eigenvalue weighted by Gasteiger charge is 2.25. The lowest BCUT2D eigenvalue weighted by Gasteiger charge is -2.33. The van der Waals surface area contributed by atoms with E-state index in [0.29, 0.717) is 13.1 Å². The Hall–Kier alpha value is -1.36.